The van der Waals surface area contributed by atoms with Crippen LogP contribution in [0, 0.1) is 0 Å². The van der Waals surface area contributed by atoms with Gasteiger partial charge in [0.2, 0.25) is 15.0 Å². The predicted octanol–water partition coefficient (Wildman–Crippen LogP) is 3.86. The van der Waals surface area contributed by atoms with E-state index in [0.29, 0.717) is 12.6 Å². The van der Waals surface area contributed by atoms with Crippen LogP contribution < -0.4 is 0 Å². The first-order chi connectivity index (χ1) is 14.0. The second kappa shape index (κ2) is 10.3. The van der Waals surface area contributed by atoms with Crippen LogP contribution in [0.1, 0.15) is 63.8 Å². The Labute approximate surface area is 175 Å². The van der Waals surface area contributed by atoms with Crippen LogP contribution in [0.5, 0.6) is 0 Å². The molecule has 0 spiro atoms. The number of hydrogen-bond donors (Lipinski definition) is 0. The molecule has 1 unspecified atom stereocenters. The number of pyridine rings is 1. The zero-order valence-electron chi connectivity index (χ0n) is 17.8. The lowest BCUT2D eigenvalue weighted by atomic mass is 9.97. The van der Waals surface area contributed by atoms with Crippen molar-refractivity contribution in [1.82, 2.24) is 19.4 Å². The Hall–Kier alpha value is -1.73. The van der Waals surface area contributed by atoms with E-state index in [-0.39, 0.29) is 10.9 Å². The molecule has 2 aromatic rings. The highest BCUT2D eigenvalue weighted by Crippen LogP contribution is 2.24. The average Bonchev–Trinajstić information content (AvgIpc) is 3.15. The molecule has 7 heteroatoms. The summed E-state index contributed by atoms with van der Waals surface area (Å²) >= 11 is 0. The predicted molar refractivity (Wildman–Crippen MR) is 115 cm³/mol. The summed E-state index contributed by atoms with van der Waals surface area (Å²) in [4.78, 5) is 11.3. The van der Waals surface area contributed by atoms with Crippen LogP contribution in [-0.2, 0) is 29.3 Å². The van der Waals surface area contributed by atoms with Gasteiger partial charge in [-0.3, -0.25) is 9.88 Å². The van der Waals surface area contributed by atoms with Gasteiger partial charge in [0, 0.05) is 31.0 Å². The smallest absolute Gasteiger partial charge is 0.227 e. The van der Waals surface area contributed by atoms with Crippen molar-refractivity contribution in [2.24, 2.45) is 0 Å². The molecule has 0 aliphatic carbocycles. The maximum Gasteiger partial charge on any atom is 0.227 e. The Morgan fingerprint density at radius 1 is 1.17 bits per heavy atom. The van der Waals surface area contributed by atoms with Crippen molar-refractivity contribution >= 4 is 9.84 Å². The SMILES string of the molecule is CCCCn1c(CN2CCCCC2CCc2ccccn2)cnc1S(=O)(=O)CC. The zero-order valence-corrected chi connectivity index (χ0v) is 18.6. The Balaban J connectivity index is 1.75. The third kappa shape index (κ3) is 5.66. The second-order valence-electron chi connectivity index (χ2n) is 7.92. The van der Waals surface area contributed by atoms with Crippen LogP contribution in [-0.4, -0.2) is 46.2 Å². The molecule has 0 bridgehead atoms. The van der Waals surface area contributed by atoms with Crippen LogP contribution >= 0.6 is 0 Å². The van der Waals surface area contributed by atoms with Gasteiger partial charge in [0.1, 0.15) is 0 Å². The maximum absolute atomic E-state index is 12.5. The van der Waals surface area contributed by atoms with Gasteiger partial charge in [0.15, 0.2) is 0 Å². The third-order valence-corrected chi connectivity index (χ3v) is 7.51. The summed E-state index contributed by atoms with van der Waals surface area (Å²) in [7, 11) is -3.31. The van der Waals surface area contributed by atoms with Crippen molar-refractivity contribution < 1.29 is 8.42 Å². The molecule has 2 aromatic heterocycles. The van der Waals surface area contributed by atoms with Crippen molar-refractivity contribution in [2.75, 3.05) is 12.3 Å². The molecule has 0 aromatic carbocycles. The Kier molecular flexibility index (Phi) is 7.84. The van der Waals surface area contributed by atoms with E-state index >= 15 is 0 Å². The third-order valence-electron chi connectivity index (χ3n) is 5.87. The lowest BCUT2D eigenvalue weighted by Gasteiger charge is -2.36. The van der Waals surface area contributed by atoms with Gasteiger partial charge in [-0.1, -0.05) is 32.8 Å². The van der Waals surface area contributed by atoms with E-state index in [2.05, 4.69) is 27.9 Å². The minimum Gasteiger partial charge on any atom is -0.318 e. The van der Waals surface area contributed by atoms with Gasteiger partial charge in [-0.25, -0.2) is 13.4 Å². The number of sulfone groups is 1. The van der Waals surface area contributed by atoms with Gasteiger partial charge in [-0.15, -0.1) is 0 Å². The fraction of sp³-hybridized carbons (Fsp3) is 0.636. The summed E-state index contributed by atoms with van der Waals surface area (Å²) in [5.74, 6) is 0.0893. The Morgan fingerprint density at radius 2 is 2.03 bits per heavy atom. The van der Waals surface area contributed by atoms with Gasteiger partial charge in [-0.05, 0) is 50.8 Å². The number of imidazole rings is 1. The van der Waals surface area contributed by atoms with Crippen LogP contribution in [0.3, 0.4) is 0 Å². The minimum absolute atomic E-state index is 0.0893. The first-order valence-corrected chi connectivity index (χ1v) is 12.6. The number of unbranched alkanes of at least 4 members (excludes halogenated alkanes) is 1. The van der Waals surface area contributed by atoms with Crippen molar-refractivity contribution in [3.8, 4) is 0 Å². The molecular formula is C22H34N4O2S. The molecule has 0 amide bonds. The average molecular weight is 419 g/mol. The highest BCUT2D eigenvalue weighted by atomic mass is 32.2. The summed E-state index contributed by atoms with van der Waals surface area (Å²) in [6.07, 6.45) is 11.3. The standard InChI is InChI=1S/C22H34N4O2S/c1-3-5-16-26-21(17-24-22(26)29(27,28)4-2)18-25-15-9-7-11-20(25)13-12-19-10-6-8-14-23-19/h6,8,10,14,17,20H,3-5,7,9,11-13,15-16,18H2,1-2H3. The van der Waals surface area contributed by atoms with E-state index in [0.717, 1.165) is 50.2 Å². The summed E-state index contributed by atoms with van der Waals surface area (Å²) in [5.41, 5.74) is 2.16. The number of nitrogens with zero attached hydrogens (tertiary/aromatic N) is 4. The molecule has 1 atom stereocenters. The fourth-order valence-corrected chi connectivity index (χ4v) is 5.13. The largest absolute Gasteiger partial charge is 0.318 e. The van der Waals surface area contributed by atoms with Crippen molar-refractivity contribution in [2.45, 2.75) is 83.1 Å². The van der Waals surface area contributed by atoms with E-state index in [1.165, 1.54) is 19.3 Å². The van der Waals surface area contributed by atoms with Gasteiger partial charge in [0.25, 0.3) is 0 Å². The summed E-state index contributed by atoms with van der Waals surface area (Å²) in [6.45, 7) is 6.35. The fourth-order valence-electron chi connectivity index (χ4n) is 4.11. The van der Waals surface area contributed by atoms with E-state index in [1.54, 1.807) is 13.1 Å². The normalized spacial score (nSPS) is 18.2. The molecule has 0 N–H and O–H groups in total. The zero-order chi connectivity index (χ0) is 20.7. The molecule has 1 fully saturated rings. The van der Waals surface area contributed by atoms with Crippen molar-refractivity contribution in [3.63, 3.8) is 0 Å². The lowest BCUT2D eigenvalue weighted by Crippen LogP contribution is -2.39. The first kappa shape index (κ1) is 22.0. The highest BCUT2D eigenvalue weighted by Gasteiger charge is 2.26. The highest BCUT2D eigenvalue weighted by molar-refractivity contribution is 7.91. The molecular weight excluding hydrogens is 384 g/mol. The quantitative estimate of drug-likeness (QED) is 0.586. The number of piperidine rings is 1. The molecule has 6 nitrogen and oxygen atoms in total. The lowest BCUT2D eigenvalue weighted by molar-refractivity contribution is 0.128. The van der Waals surface area contributed by atoms with Gasteiger partial charge in [0.05, 0.1) is 17.6 Å². The number of rotatable bonds is 10. The second-order valence-corrected chi connectivity index (χ2v) is 10.1. The van der Waals surface area contributed by atoms with Crippen LogP contribution in [0.15, 0.2) is 35.7 Å². The van der Waals surface area contributed by atoms with E-state index < -0.39 is 9.84 Å². The van der Waals surface area contributed by atoms with Crippen LogP contribution in [0.4, 0.5) is 0 Å². The van der Waals surface area contributed by atoms with Crippen molar-refractivity contribution in [1.29, 1.82) is 0 Å². The topological polar surface area (TPSA) is 68.1 Å². The number of hydrogen-bond acceptors (Lipinski definition) is 5. The monoisotopic (exact) mass is 418 g/mol. The number of aromatic nitrogens is 3. The van der Waals surface area contributed by atoms with Gasteiger partial charge >= 0.3 is 0 Å². The van der Waals surface area contributed by atoms with E-state index in [9.17, 15) is 8.42 Å². The molecule has 3 rings (SSSR count). The maximum atomic E-state index is 12.5. The van der Waals surface area contributed by atoms with E-state index in [1.807, 2.05) is 22.9 Å². The molecule has 1 aliphatic rings. The molecule has 1 saturated heterocycles. The molecule has 1 aliphatic heterocycles. The molecule has 160 valence electrons. The number of aryl methyl sites for hydroxylation is 1. The van der Waals surface area contributed by atoms with Gasteiger partial charge in [-0.2, -0.15) is 0 Å². The molecule has 29 heavy (non-hydrogen) atoms. The summed E-state index contributed by atoms with van der Waals surface area (Å²) in [6, 6.07) is 6.60. The van der Waals surface area contributed by atoms with Crippen molar-refractivity contribution in [3.05, 3.63) is 42.0 Å². The Morgan fingerprint density at radius 3 is 2.76 bits per heavy atom. The number of likely N-dealkylation sites (tertiary alicyclic amines) is 1. The van der Waals surface area contributed by atoms with E-state index in [4.69, 9.17) is 0 Å². The summed E-state index contributed by atoms with van der Waals surface area (Å²) < 4.78 is 27.0. The molecule has 0 radical (unpaired) electrons. The van der Waals surface area contributed by atoms with Gasteiger partial charge < -0.3 is 4.57 Å². The molecule has 3 heterocycles. The van der Waals surface area contributed by atoms with Crippen LogP contribution in [0.2, 0.25) is 0 Å². The first-order valence-electron chi connectivity index (χ1n) is 11.0. The summed E-state index contributed by atoms with van der Waals surface area (Å²) in [5, 5.41) is 0.241. The molecule has 0 saturated carbocycles. The minimum atomic E-state index is -3.31. The van der Waals surface area contributed by atoms with Crippen LogP contribution in [0.25, 0.3) is 0 Å². The Bertz CT molecular complexity index is 864.